The Bertz CT molecular complexity index is 1490. The van der Waals surface area contributed by atoms with Gasteiger partial charge in [0.05, 0.1) is 43.8 Å². The van der Waals surface area contributed by atoms with Crippen LogP contribution in [0.1, 0.15) is 29.2 Å². The second kappa shape index (κ2) is 11.9. The molecule has 1 aromatic heterocycles. The molecule has 0 aliphatic carbocycles. The van der Waals surface area contributed by atoms with E-state index >= 15 is 0 Å². The minimum Gasteiger partial charge on any atom is -0.493 e. The first kappa shape index (κ1) is 26.0. The van der Waals surface area contributed by atoms with Gasteiger partial charge in [-0.15, -0.1) is 0 Å². The van der Waals surface area contributed by atoms with E-state index in [-0.39, 0.29) is 5.91 Å². The molecule has 1 fully saturated rings. The Morgan fingerprint density at radius 2 is 1.82 bits per heavy atom. The molecule has 6 rings (SSSR count). The third kappa shape index (κ3) is 5.43. The SMILES string of the molecule is COc1cc2c(C3C(=O)Nc4c(OCc5ccccc5)cccc43)ncnc2cc1OCCCN1CCOCC1. The number of carbonyl (C=O) groups is 1. The summed E-state index contributed by atoms with van der Waals surface area (Å²) in [4.78, 5) is 24.8. The molecule has 3 aromatic carbocycles. The number of hydrogen-bond acceptors (Lipinski definition) is 8. The number of para-hydroxylation sites is 1. The molecule has 3 heterocycles. The lowest BCUT2D eigenvalue weighted by molar-refractivity contribution is -0.116. The van der Waals surface area contributed by atoms with E-state index < -0.39 is 5.92 Å². The second-order valence-corrected chi connectivity index (χ2v) is 9.85. The molecule has 40 heavy (non-hydrogen) atoms. The van der Waals surface area contributed by atoms with Crippen LogP contribution in [0.15, 0.2) is 67.0 Å². The molecule has 2 aliphatic heterocycles. The van der Waals surface area contributed by atoms with Gasteiger partial charge in [0.25, 0.3) is 0 Å². The molecule has 4 aromatic rings. The number of ether oxygens (including phenoxy) is 4. The Balaban J connectivity index is 1.23. The molecule has 1 N–H and O–H groups in total. The minimum atomic E-state index is -0.606. The smallest absolute Gasteiger partial charge is 0.238 e. The van der Waals surface area contributed by atoms with Crippen LogP contribution in [0.2, 0.25) is 0 Å². The fourth-order valence-corrected chi connectivity index (χ4v) is 5.27. The molecule has 2 aliphatic rings. The number of fused-ring (bicyclic) bond motifs is 2. The van der Waals surface area contributed by atoms with Gasteiger partial charge in [0.2, 0.25) is 5.91 Å². The van der Waals surface area contributed by atoms with Gasteiger partial charge in [-0.25, -0.2) is 9.97 Å². The molecular formula is C31H32N4O5. The van der Waals surface area contributed by atoms with Crippen molar-refractivity contribution in [2.24, 2.45) is 0 Å². The summed E-state index contributed by atoms with van der Waals surface area (Å²) in [6.45, 7) is 5.40. The number of benzene rings is 3. The van der Waals surface area contributed by atoms with Gasteiger partial charge >= 0.3 is 0 Å². The summed E-state index contributed by atoms with van der Waals surface area (Å²) in [5.41, 5.74) is 3.84. The quantitative estimate of drug-likeness (QED) is 0.296. The average molecular weight is 541 g/mol. The number of carbonyl (C=O) groups excluding carboxylic acids is 1. The van der Waals surface area contributed by atoms with Crippen molar-refractivity contribution >= 4 is 22.5 Å². The van der Waals surface area contributed by atoms with Gasteiger partial charge in [0.1, 0.15) is 24.6 Å². The summed E-state index contributed by atoms with van der Waals surface area (Å²) in [7, 11) is 1.61. The Morgan fingerprint density at radius 3 is 2.65 bits per heavy atom. The van der Waals surface area contributed by atoms with Crippen LogP contribution in [0.25, 0.3) is 10.9 Å². The van der Waals surface area contributed by atoms with Crippen LogP contribution < -0.4 is 19.5 Å². The lowest BCUT2D eigenvalue weighted by Crippen LogP contribution is -2.37. The predicted molar refractivity (Wildman–Crippen MR) is 151 cm³/mol. The first-order valence-corrected chi connectivity index (χ1v) is 13.6. The first-order valence-electron chi connectivity index (χ1n) is 13.6. The van der Waals surface area contributed by atoms with Gasteiger partial charge in [-0.2, -0.15) is 0 Å². The van der Waals surface area contributed by atoms with Crippen molar-refractivity contribution in [3.05, 3.63) is 83.8 Å². The van der Waals surface area contributed by atoms with E-state index in [1.807, 2.05) is 60.7 Å². The molecule has 0 saturated carbocycles. The molecule has 1 unspecified atom stereocenters. The predicted octanol–water partition coefficient (Wildman–Crippen LogP) is 4.40. The van der Waals surface area contributed by atoms with Crippen molar-refractivity contribution in [2.45, 2.75) is 18.9 Å². The Kier molecular flexibility index (Phi) is 7.74. The van der Waals surface area contributed by atoms with Crippen LogP contribution in [0.3, 0.4) is 0 Å². The van der Waals surface area contributed by atoms with Crippen molar-refractivity contribution in [1.82, 2.24) is 14.9 Å². The van der Waals surface area contributed by atoms with Crippen molar-refractivity contribution in [3.8, 4) is 17.2 Å². The maximum Gasteiger partial charge on any atom is 0.238 e. The summed E-state index contributed by atoms with van der Waals surface area (Å²) < 4.78 is 23.3. The Morgan fingerprint density at radius 1 is 0.975 bits per heavy atom. The summed E-state index contributed by atoms with van der Waals surface area (Å²) >= 11 is 0. The van der Waals surface area contributed by atoms with E-state index in [0.29, 0.717) is 47.4 Å². The number of nitrogens with zero attached hydrogens (tertiary/aromatic N) is 3. The third-order valence-corrected chi connectivity index (χ3v) is 7.32. The molecule has 1 amide bonds. The standard InChI is InChI=1S/C31H32N4O5/c1-37-26-17-23-24(18-27(26)39-14-6-11-35-12-15-38-16-13-35)32-20-33-30(23)28-22-9-5-10-25(29(22)34-31(28)36)40-19-21-7-3-2-4-8-21/h2-5,7-10,17-18,20,28H,6,11-16,19H2,1H3,(H,34,36). The number of rotatable bonds is 10. The molecule has 206 valence electrons. The molecule has 0 bridgehead atoms. The molecule has 9 heteroatoms. The van der Waals surface area contributed by atoms with Crippen LogP contribution in [0.4, 0.5) is 5.69 Å². The second-order valence-electron chi connectivity index (χ2n) is 9.85. The molecule has 0 radical (unpaired) electrons. The van der Waals surface area contributed by atoms with Crippen molar-refractivity contribution < 1.29 is 23.7 Å². The third-order valence-electron chi connectivity index (χ3n) is 7.32. The van der Waals surface area contributed by atoms with E-state index in [9.17, 15) is 4.79 Å². The van der Waals surface area contributed by atoms with E-state index in [0.717, 1.165) is 55.8 Å². The number of hydrogen-bond donors (Lipinski definition) is 1. The van der Waals surface area contributed by atoms with E-state index in [1.54, 1.807) is 7.11 Å². The summed E-state index contributed by atoms with van der Waals surface area (Å²) in [6, 6.07) is 19.4. The zero-order valence-electron chi connectivity index (χ0n) is 22.5. The van der Waals surface area contributed by atoms with E-state index in [2.05, 4.69) is 20.2 Å². The Labute approximate surface area is 233 Å². The summed E-state index contributed by atoms with van der Waals surface area (Å²) in [5.74, 6) is 1.06. The highest BCUT2D eigenvalue weighted by Crippen LogP contribution is 2.44. The summed E-state index contributed by atoms with van der Waals surface area (Å²) in [6.07, 6.45) is 2.39. The molecule has 1 saturated heterocycles. The average Bonchev–Trinajstić information content (AvgIpc) is 3.34. The van der Waals surface area contributed by atoms with E-state index in [1.165, 1.54) is 6.33 Å². The van der Waals surface area contributed by atoms with Crippen molar-refractivity contribution in [2.75, 3.05) is 51.9 Å². The zero-order chi connectivity index (χ0) is 27.3. The highest BCUT2D eigenvalue weighted by molar-refractivity contribution is 6.08. The Hall–Kier alpha value is -4.21. The number of nitrogens with one attached hydrogen (secondary N) is 1. The normalized spacial score (nSPS) is 16.9. The number of morpholine rings is 1. The van der Waals surface area contributed by atoms with E-state index in [4.69, 9.17) is 18.9 Å². The number of aromatic nitrogens is 2. The maximum absolute atomic E-state index is 13.3. The lowest BCUT2D eigenvalue weighted by atomic mass is 9.94. The van der Waals surface area contributed by atoms with Gasteiger partial charge < -0.3 is 24.3 Å². The van der Waals surface area contributed by atoms with Crippen LogP contribution in [0.5, 0.6) is 17.2 Å². The summed E-state index contributed by atoms with van der Waals surface area (Å²) in [5, 5.41) is 3.76. The zero-order valence-corrected chi connectivity index (χ0v) is 22.5. The molecule has 9 nitrogen and oxygen atoms in total. The van der Waals surface area contributed by atoms with Gasteiger partial charge in [0, 0.05) is 31.1 Å². The highest BCUT2D eigenvalue weighted by atomic mass is 16.5. The fourth-order valence-electron chi connectivity index (χ4n) is 5.27. The fraction of sp³-hybridized carbons (Fsp3) is 0.323. The van der Waals surface area contributed by atoms with Gasteiger partial charge in [-0.3, -0.25) is 9.69 Å². The topological polar surface area (TPSA) is 95.0 Å². The molecule has 1 atom stereocenters. The number of anilines is 1. The van der Waals surface area contributed by atoms with Gasteiger partial charge in [-0.1, -0.05) is 42.5 Å². The van der Waals surface area contributed by atoms with Crippen molar-refractivity contribution in [3.63, 3.8) is 0 Å². The monoisotopic (exact) mass is 540 g/mol. The van der Waals surface area contributed by atoms with Crippen LogP contribution in [0, 0.1) is 0 Å². The lowest BCUT2D eigenvalue weighted by Gasteiger charge is -2.26. The number of amides is 1. The van der Waals surface area contributed by atoms with Crippen LogP contribution >= 0.6 is 0 Å². The molecule has 0 spiro atoms. The van der Waals surface area contributed by atoms with Gasteiger partial charge in [-0.05, 0) is 29.7 Å². The van der Waals surface area contributed by atoms with Gasteiger partial charge in [0.15, 0.2) is 11.5 Å². The maximum atomic E-state index is 13.3. The first-order chi connectivity index (χ1) is 19.7. The molecular weight excluding hydrogens is 508 g/mol. The van der Waals surface area contributed by atoms with Crippen molar-refractivity contribution in [1.29, 1.82) is 0 Å². The number of methoxy groups -OCH3 is 1. The van der Waals surface area contributed by atoms with Crippen LogP contribution in [-0.4, -0.2) is 67.3 Å². The minimum absolute atomic E-state index is 0.159. The highest BCUT2D eigenvalue weighted by Gasteiger charge is 2.36. The van der Waals surface area contributed by atoms with Crippen LogP contribution in [-0.2, 0) is 16.1 Å². The largest absolute Gasteiger partial charge is 0.493 e.